The van der Waals surface area contributed by atoms with Crippen LogP contribution in [0.4, 0.5) is 0 Å². The quantitative estimate of drug-likeness (QED) is 0.611. The van der Waals surface area contributed by atoms with Gasteiger partial charge in [-0.1, -0.05) is 6.42 Å². The van der Waals surface area contributed by atoms with Gasteiger partial charge in [0.1, 0.15) is 0 Å². The minimum atomic E-state index is -0.995. The van der Waals surface area contributed by atoms with Crippen molar-refractivity contribution in [3.8, 4) is 6.07 Å². The Morgan fingerprint density at radius 1 is 1.55 bits per heavy atom. The molecule has 0 bridgehead atoms. The molecule has 0 heterocycles. The molecule has 0 aromatic rings. The average Bonchev–Trinajstić information content (AvgIpc) is 2.56. The Morgan fingerprint density at radius 2 is 2.18 bits per heavy atom. The fraction of sp³-hybridized carbons (Fsp3) is 0.750. The van der Waals surface area contributed by atoms with Crippen LogP contribution in [-0.4, -0.2) is 11.1 Å². The van der Waals surface area contributed by atoms with Gasteiger partial charge >= 0.3 is 5.97 Å². The Morgan fingerprint density at radius 3 is 2.27 bits per heavy atom. The molecule has 3 heteroatoms. The molecular weight excluding hydrogens is 142 g/mol. The molecule has 58 valence electrons. The molecule has 1 atom stereocenters. The lowest BCUT2D eigenvalue weighted by Crippen LogP contribution is -2.27. The Bertz CT molecular complexity index is 262. The topological polar surface area (TPSA) is 61.1 Å². The van der Waals surface area contributed by atoms with Crippen molar-refractivity contribution < 1.29 is 9.90 Å². The van der Waals surface area contributed by atoms with E-state index in [0.29, 0.717) is 6.42 Å². The van der Waals surface area contributed by atoms with E-state index in [-0.39, 0.29) is 5.41 Å². The van der Waals surface area contributed by atoms with Crippen LogP contribution in [0.15, 0.2) is 0 Å². The molecule has 2 aliphatic carbocycles. The highest BCUT2D eigenvalue weighted by Gasteiger charge is 2.75. The molecule has 0 aromatic heterocycles. The third-order valence-electron chi connectivity index (χ3n) is 3.25. The van der Waals surface area contributed by atoms with Gasteiger partial charge in [0.05, 0.1) is 6.07 Å². The van der Waals surface area contributed by atoms with Gasteiger partial charge in [-0.05, 0) is 19.3 Å². The van der Waals surface area contributed by atoms with Crippen LogP contribution < -0.4 is 0 Å². The number of rotatable bonds is 1. The van der Waals surface area contributed by atoms with Gasteiger partial charge in [-0.15, -0.1) is 0 Å². The number of hydrogen-bond acceptors (Lipinski definition) is 2. The normalized spacial score (nSPS) is 37.4. The average molecular weight is 151 g/mol. The van der Waals surface area contributed by atoms with E-state index in [9.17, 15) is 4.79 Å². The third kappa shape index (κ3) is 0.518. The second-order valence-corrected chi connectivity index (χ2v) is 3.63. The summed E-state index contributed by atoms with van der Waals surface area (Å²) in [6.45, 7) is 0. The Hall–Kier alpha value is -1.04. The fourth-order valence-electron chi connectivity index (χ4n) is 2.18. The van der Waals surface area contributed by atoms with E-state index in [4.69, 9.17) is 10.4 Å². The van der Waals surface area contributed by atoms with Crippen LogP contribution in [-0.2, 0) is 4.79 Å². The summed E-state index contributed by atoms with van der Waals surface area (Å²) in [4.78, 5) is 10.7. The molecule has 0 aliphatic heterocycles. The van der Waals surface area contributed by atoms with Crippen LogP contribution in [0.2, 0.25) is 0 Å². The highest BCUT2D eigenvalue weighted by molar-refractivity contribution is 5.84. The molecule has 3 nitrogen and oxygen atoms in total. The van der Waals surface area contributed by atoms with Gasteiger partial charge in [-0.3, -0.25) is 4.79 Å². The first-order chi connectivity index (χ1) is 5.17. The molecule has 2 rings (SSSR count). The first-order valence-electron chi connectivity index (χ1n) is 3.82. The van der Waals surface area contributed by atoms with Crippen LogP contribution in [0.5, 0.6) is 0 Å². The van der Waals surface area contributed by atoms with Gasteiger partial charge < -0.3 is 5.11 Å². The number of carboxylic acid groups (broad SMARTS) is 1. The van der Waals surface area contributed by atoms with Gasteiger partial charge in [-0.2, -0.15) is 5.26 Å². The lowest BCUT2D eigenvalue weighted by atomic mass is 9.75. The zero-order chi connectivity index (χ0) is 8.11. The maximum absolute atomic E-state index is 10.7. The smallest absolute Gasteiger partial charge is 0.324 e. The van der Waals surface area contributed by atoms with E-state index in [0.717, 1.165) is 19.3 Å². The summed E-state index contributed by atoms with van der Waals surface area (Å²) in [7, 11) is 0. The van der Waals surface area contributed by atoms with E-state index < -0.39 is 11.4 Å². The molecule has 1 N–H and O–H groups in total. The molecule has 2 aliphatic rings. The molecular formula is C8H9NO2. The first kappa shape index (κ1) is 6.66. The summed E-state index contributed by atoms with van der Waals surface area (Å²) in [5.74, 6) is -0.917. The van der Waals surface area contributed by atoms with Gasteiger partial charge in [0.15, 0.2) is 5.41 Å². The number of nitrogens with zero attached hydrogens (tertiary/aromatic N) is 1. The van der Waals surface area contributed by atoms with Crippen LogP contribution >= 0.6 is 0 Å². The molecule has 0 saturated heterocycles. The summed E-state index contributed by atoms with van der Waals surface area (Å²) in [6.07, 6.45) is 3.56. The van der Waals surface area contributed by atoms with Crippen LogP contribution in [0.1, 0.15) is 25.7 Å². The second kappa shape index (κ2) is 1.58. The Labute approximate surface area is 64.6 Å². The first-order valence-corrected chi connectivity index (χ1v) is 3.82. The zero-order valence-electron chi connectivity index (χ0n) is 6.13. The molecule has 1 spiro atoms. The number of hydrogen-bond donors (Lipinski definition) is 1. The summed E-state index contributed by atoms with van der Waals surface area (Å²) in [5, 5.41) is 17.5. The molecule has 2 saturated carbocycles. The fourth-order valence-corrected chi connectivity index (χ4v) is 2.18. The predicted octanol–water partition coefficient (Wildman–Crippen LogP) is 1.15. The maximum atomic E-state index is 10.7. The van der Waals surface area contributed by atoms with Gasteiger partial charge in [-0.25, -0.2) is 0 Å². The van der Waals surface area contributed by atoms with E-state index in [2.05, 4.69) is 0 Å². The second-order valence-electron chi connectivity index (χ2n) is 3.63. The van der Waals surface area contributed by atoms with Crippen molar-refractivity contribution >= 4 is 5.97 Å². The van der Waals surface area contributed by atoms with Crippen LogP contribution in [0, 0.1) is 22.2 Å². The van der Waals surface area contributed by atoms with Crippen molar-refractivity contribution in [2.45, 2.75) is 25.7 Å². The van der Waals surface area contributed by atoms with Crippen molar-refractivity contribution in [3.05, 3.63) is 0 Å². The van der Waals surface area contributed by atoms with E-state index in [1.165, 1.54) is 0 Å². The summed E-state index contributed by atoms with van der Waals surface area (Å²) in [5.41, 5.74) is -1.10. The van der Waals surface area contributed by atoms with E-state index in [1.807, 2.05) is 6.07 Å². The SMILES string of the molecule is N#C[C@]1(C(=O)O)CC12CCC2. The van der Waals surface area contributed by atoms with Crippen LogP contribution in [0.3, 0.4) is 0 Å². The number of carboxylic acids is 1. The monoisotopic (exact) mass is 151 g/mol. The highest BCUT2D eigenvalue weighted by atomic mass is 16.4. The highest BCUT2D eigenvalue weighted by Crippen LogP contribution is 2.73. The predicted molar refractivity (Wildman–Crippen MR) is 36.6 cm³/mol. The van der Waals surface area contributed by atoms with Crippen molar-refractivity contribution in [2.75, 3.05) is 0 Å². The van der Waals surface area contributed by atoms with E-state index in [1.54, 1.807) is 0 Å². The molecule has 0 unspecified atom stereocenters. The number of aliphatic carboxylic acids is 1. The minimum Gasteiger partial charge on any atom is -0.480 e. The summed E-state index contributed by atoms with van der Waals surface area (Å²) < 4.78 is 0. The maximum Gasteiger partial charge on any atom is 0.324 e. The molecule has 11 heavy (non-hydrogen) atoms. The standard InChI is InChI=1S/C8H9NO2/c9-5-8(6(10)11)4-7(8)2-1-3-7/h1-4H2,(H,10,11)/t8-/m0/s1. The Balaban J connectivity index is 2.26. The largest absolute Gasteiger partial charge is 0.480 e. The number of nitriles is 1. The molecule has 0 radical (unpaired) electrons. The van der Waals surface area contributed by atoms with Crippen molar-refractivity contribution in [1.82, 2.24) is 0 Å². The lowest BCUT2D eigenvalue weighted by Gasteiger charge is -2.27. The summed E-state index contributed by atoms with van der Waals surface area (Å²) >= 11 is 0. The lowest BCUT2D eigenvalue weighted by molar-refractivity contribution is -0.143. The molecule has 0 amide bonds. The zero-order valence-corrected chi connectivity index (χ0v) is 6.13. The van der Waals surface area contributed by atoms with Gasteiger partial charge in [0.25, 0.3) is 0 Å². The number of carbonyl (C=O) groups is 1. The minimum absolute atomic E-state index is 0.104. The van der Waals surface area contributed by atoms with E-state index >= 15 is 0 Å². The van der Waals surface area contributed by atoms with Gasteiger partial charge in [0, 0.05) is 5.41 Å². The van der Waals surface area contributed by atoms with Crippen molar-refractivity contribution in [1.29, 1.82) is 5.26 Å². The van der Waals surface area contributed by atoms with Crippen molar-refractivity contribution in [3.63, 3.8) is 0 Å². The Kier molecular flexibility index (Phi) is 0.956. The third-order valence-corrected chi connectivity index (χ3v) is 3.25. The van der Waals surface area contributed by atoms with Gasteiger partial charge in [0.2, 0.25) is 0 Å². The van der Waals surface area contributed by atoms with Crippen LogP contribution in [0.25, 0.3) is 0 Å². The molecule has 2 fully saturated rings. The molecule has 0 aromatic carbocycles. The van der Waals surface area contributed by atoms with Crippen molar-refractivity contribution in [2.24, 2.45) is 10.8 Å². The summed E-state index contributed by atoms with van der Waals surface area (Å²) in [6, 6.07) is 1.95.